The van der Waals surface area contributed by atoms with Crippen LogP contribution in [-0.2, 0) is 4.74 Å². The van der Waals surface area contributed by atoms with Gasteiger partial charge >= 0.3 is 37.7 Å². The molecule has 0 unspecified atom stereocenters. The molecule has 0 heterocycles. The van der Waals surface area contributed by atoms with E-state index in [0.717, 1.165) is 25.9 Å². The third-order valence-corrected chi connectivity index (χ3v) is 1.34. The predicted octanol–water partition coefficient (Wildman–Crippen LogP) is 0.667. The van der Waals surface area contributed by atoms with Crippen LogP contribution in [0.15, 0.2) is 0 Å². The van der Waals surface area contributed by atoms with Crippen molar-refractivity contribution in [3.05, 3.63) is 0 Å². The molecule has 13 heavy (non-hydrogen) atoms. The van der Waals surface area contributed by atoms with Crippen molar-refractivity contribution in [1.29, 1.82) is 0 Å². The minimum atomic E-state index is -0.0147. The molecule has 1 N–H and O–H groups in total. The van der Waals surface area contributed by atoms with E-state index in [0.29, 0.717) is 6.61 Å². The Bertz CT molecular complexity index is 92.1. The van der Waals surface area contributed by atoms with Crippen molar-refractivity contribution in [2.24, 2.45) is 0 Å². The van der Waals surface area contributed by atoms with Gasteiger partial charge in [-0.05, 0) is 40.0 Å². The van der Waals surface area contributed by atoms with E-state index in [2.05, 4.69) is 20.8 Å². The molecule has 0 aromatic carbocycles. The molecule has 0 aliphatic rings. The molecule has 0 aromatic heterocycles. The zero-order valence-electron chi connectivity index (χ0n) is 7.89. The van der Waals surface area contributed by atoms with Crippen LogP contribution in [0.1, 0.15) is 40.0 Å². The van der Waals surface area contributed by atoms with Gasteiger partial charge in [0.2, 0.25) is 0 Å². The summed E-state index contributed by atoms with van der Waals surface area (Å²) in [4.78, 5) is 0. The second-order valence-electron chi connectivity index (χ2n) is 3.75. The number of rotatable bonds is 5. The predicted molar refractivity (Wildman–Crippen MR) is 60.9 cm³/mol. The van der Waals surface area contributed by atoms with E-state index in [4.69, 9.17) is 9.84 Å². The molecule has 0 aromatic rings. The fourth-order valence-electron chi connectivity index (χ4n) is 0.769. The molecule has 72 valence electrons. The molecule has 0 rings (SSSR count). The normalized spacial score (nSPS) is 10.2. The fourth-order valence-corrected chi connectivity index (χ4v) is 0.769. The van der Waals surface area contributed by atoms with Gasteiger partial charge in [0.1, 0.15) is 0 Å². The van der Waals surface area contributed by atoms with Crippen molar-refractivity contribution in [2.45, 2.75) is 45.6 Å². The minimum absolute atomic E-state index is 0. The Balaban J connectivity index is -0.000000500. The maximum absolute atomic E-state index is 8.48. The topological polar surface area (TPSA) is 29.5 Å². The molecule has 0 aliphatic heterocycles. The molecule has 0 atom stereocenters. The molecule has 0 saturated carbocycles. The monoisotopic (exact) mass is 176 g/mol. The van der Waals surface area contributed by atoms with Crippen molar-refractivity contribution in [2.75, 3.05) is 13.2 Å². The molecule has 0 radical (unpaired) electrons. The summed E-state index contributed by atoms with van der Waals surface area (Å²) in [6.45, 7) is 7.27. The van der Waals surface area contributed by atoms with Crippen LogP contribution in [0, 0.1) is 0 Å². The SMILES string of the molecule is CC(C)(C)OCCCCCO.[LiH].[LiH]. The Morgan fingerprint density at radius 3 is 1.92 bits per heavy atom. The van der Waals surface area contributed by atoms with Gasteiger partial charge in [0, 0.05) is 13.2 Å². The summed E-state index contributed by atoms with van der Waals surface area (Å²) in [5.41, 5.74) is -0.0147. The number of aliphatic hydroxyl groups is 1. The van der Waals surface area contributed by atoms with Gasteiger partial charge in [-0.3, -0.25) is 0 Å². The molecule has 4 heteroatoms. The summed E-state index contributed by atoms with van der Waals surface area (Å²) in [6.07, 6.45) is 3.01. The number of hydrogen-bond donors (Lipinski definition) is 1. The van der Waals surface area contributed by atoms with Crippen LogP contribution >= 0.6 is 0 Å². The van der Waals surface area contributed by atoms with E-state index in [1.807, 2.05) is 0 Å². The Kier molecular flexibility index (Phi) is 16.9. The van der Waals surface area contributed by atoms with E-state index in [9.17, 15) is 0 Å². The van der Waals surface area contributed by atoms with Crippen LogP contribution in [0.2, 0.25) is 0 Å². The third kappa shape index (κ3) is 19.5. The second kappa shape index (κ2) is 11.2. The van der Waals surface area contributed by atoms with Crippen molar-refractivity contribution in [3.8, 4) is 0 Å². The molecule has 0 spiro atoms. The van der Waals surface area contributed by atoms with Crippen molar-refractivity contribution < 1.29 is 9.84 Å². The first-order valence-electron chi connectivity index (χ1n) is 4.31. The summed E-state index contributed by atoms with van der Waals surface area (Å²) in [6, 6.07) is 0. The van der Waals surface area contributed by atoms with Gasteiger partial charge in [-0.25, -0.2) is 0 Å². The van der Waals surface area contributed by atoms with Gasteiger partial charge in [-0.15, -0.1) is 0 Å². The summed E-state index contributed by atoms with van der Waals surface area (Å²) in [5, 5.41) is 8.48. The van der Waals surface area contributed by atoms with Gasteiger partial charge < -0.3 is 9.84 Å². The average molecular weight is 176 g/mol. The molecule has 0 fully saturated rings. The summed E-state index contributed by atoms with van der Waals surface area (Å²) < 4.78 is 5.49. The summed E-state index contributed by atoms with van der Waals surface area (Å²) >= 11 is 0. The Labute approximate surface area is 106 Å². The van der Waals surface area contributed by atoms with Gasteiger partial charge in [0.15, 0.2) is 0 Å². The van der Waals surface area contributed by atoms with E-state index in [1.165, 1.54) is 0 Å². The first kappa shape index (κ1) is 19.7. The van der Waals surface area contributed by atoms with Crippen LogP contribution < -0.4 is 0 Å². The summed E-state index contributed by atoms with van der Waals surface area (Å²) in [5.74, 6) is 0. The van der Waals surface area contributed by atoms with E-state index in [-0.39, 0.29) is 43.3 Å². The molecular formula is C9H22Li2O2. The van der Waals surface area contributed by atoms with E-state index >= 15 is 0 Å². The Hall–Kier alpha value is 1.11. The average Bonchev–Trinajstić information content (AvgIpc) is 1.85. The number of ether oxygens (including phenoxy) is 1. The molecule has 0 amide bonds. The number of unbranched alkanes of at least 4 members (excludes halogenated alkanes) is 2. The molecular weight excluding hydrogens is 154 g/mol. The van der Waals surface area contributed by atoms with Gasteiger partial charge in [0.25, 0.3) is 0 Å². The third-order valence-electron chi connectivity index (χ3n) is 1.34. The van der Waals surface area contributed by atoms with Crippen molar-refractivity contribution >= 4 is 37.7 Å². The standard InChI is InChI=1S/C9H20O2.2Li.2H/c1-9(2,3)11-8-6-4-5-7-10;;;;/h10H,4-8H2,1-3H3;;;;. The van der Waals surface area contributed by atoms with Crippen molar-refractivity contribution in [1.82, 2.24) is 0 Å². The zero-order valence-corrected chi connectivity index (χ0v) is 7.89. The quantitative estimate of drug-likeness (QED) is 0.492. The Morgan fingerprint density at radius 1 is 1.00 bits per heavy atom. The molecule has 0 bridgehead atoms. The van der Waals surface area contributed by atoms with Crippen LogP contribution in [0.3, 0.4) is 0 Å². The zero-order chi connectivity index (χ0) is 8.74. The van der Waals surface area contributed by atoms with Crippen LogP contribution in [0.4, 0.5) is 0 Å². The number of hydrogen-bond acceptors (Lipinski definition) is 2. The van der Waals surface area contributed by atoms with E-state index in [1.54, 1.807) is 0 Å². The second-order valence-corrected chi connectivity index (χ2v) is 3.75. The first-order valence-corrected chi connectivity index (χ1v) is 4.31. The van der Waals surface area contributed by atoms with Crippen LogP contribution in [-0.4, -0.2) is 61.6 Å². The van der Waals surface area contributed by atoms with Gasteiger partial charge in [0.05, 0.1) is 5.60 Å². The molecule has 0 aliphatic carbocycles. The van der Waals surface area contributed by atoms with Crippen molar-refractivity contribution in [3.63, 3.8) is 0 Å². The fraction of sp³-hybridized carbons (Fsp3) is 1.00. The molecule has 2 nitrogen and oxygen atoms in total. The van der Waals surface area contributed by atoms with Crippen LogP contribution in [0.25, 0.3) is 0 Å². The van der Waals surface area contributed by atoms with Gasteiger partial charge in [-0.1, -0.05) is 0 Å². The molecule has 0 saturated heterocycles. The first-order chi connectivity index (χ1) is 5.06. The maximum atomic E-state index is 8.48. The van der Waals surface area contributed by atoms with Crippen LogP contribution in [0.5, 0.6) is 0 Å². The van der Waals surface area contributed by atoms with E-state index < -0.39 is 0 Å². The number of aliphatic hydroxyl groups excluding tert-OH is 1. The Morgan fingerprint density at radius 2 is 1.54 bits per heavy atom. The summed E-state index contributed by atoms with van der Waals surface area (Å²) in [7, 11) is 0. The van der Waals surface area contributed by atoms with Gasteiger partial charge in [-0.2, -0.15) is 0 Å².